The normalized spacial score (nSPS) is 12.5. The van der Waals surface area contributed by atoms with Crippen LogP contribution in [0.2, 0.25) is 5.02 Å². The number of amides is 1. The number of likely N-dealkylation sites (N-methyl/N-ethyl adjacent to an activating group) is 1. The largest absolute Gasteiger partial charge is 0.322 e. The summed E-state index contributed by atoms with van der Waals surface area (Å²) in [6.07, 6.45) is 0. The van der Waals surface area contributed by atoms with Gasteiger partial charge in [-0.2, -0.15) is 5.10 Å². The maximum Gasteiger partial charge on any atom is 0.241 e. The third kappa shape index (κ3) is 4.12. The number of hydrogen-bond donors (Lipinski definition) is 1. The van der Waals surface area contributed by atoms with Crippen LogP contribution in [0.4, 0.5) is 5.69 Å². The predicted octanol–water partition coefficient (Wildman–Crippen LogP) is 3.15. The lowest BCUT2D eigenvalue weighted by atomic mass is 10.2. The van der Waals surface area contributed by atoms with Gasteiger partial charge in [-0.3, -0.25) is 14.4 Å². The van der Waals surface area contributed by atoms with Gasteiger partial charge in [0.05, 0.1) is 23.1 Å². The van der Waals surface area contributed by atoms with E-state index >= 15 is 0 Å². The Hall–Kier alpha value is -1.85. The molecule has 0 bridgehead atoms. The molecular formula is C17H23ClN4O. The number of carbonyl (C=O) groups is 1. The van der Waals surface area contributed by atoms with Gasteiger partial charge in [0.25, 0.3) is 0 Å². The van der Waals surface area contributed by atoms with E-state index in [4.69, 9.17) is 11.6 Å². The van der Waals surface area contributed by atoms with Crippen LogP contribution in [0.15, 0.2) is 24.3 Å². The molecule has 1 aromatic carbocycles. The molecule has 0 saturated heterocycles. The van der Waals surface area contributed by atoms with Crippen LogP contribution in [0.5, 0.6) is 0 Å². The lowest BCUT2D eigenvalue weighted by Crippen LogP contribution is -2.39. The molecule has 1 heterocycles. The smallest absolute Gasteiger partial charge is 0.241 e. The highest BCUT2D eigenvalue weighted by atomic mass is 35.5. The summed E-state index contributed by atoms with van der Waals surface area (Å²) in [6, 6.07) is 7.40. The molecule has 0 saturated carbocycles. The number of halogens is 1. The molecule has 0 aliphatic heterocycles. The van der Waals surface area contributed by atoms with E-state index in [0.29, 0.717) is 11.6 Å². The van der Waals surface area contributed by atoms with Crippen LogP contribution in [0, 0.1) is 13.8 Å². The molecule has 0 spiro atoms. The Balaban J connectivity index is 2.02. The Bertz CT molecular complexity index is 693. The van der Waals surface area contributed by atoms with E-state index in [0.717, 1.165) is 22.6 Å². The third-order valence-electron chi connectivity index (χ3n) is 4.14. The summed E-state index contributed by atoms with van der Waals surface area (Å²) >= 11 is 5.90. The standard InChI is InChI=1S/C17H23ClN4O/c1-11-16(12(2)22(5)20-11)19-17(23)13(3)21(4)10-14-6-8-15(18)9-7-14/h6-9,13H,10H2,1-5H3,(H,19,23)/t13-/m0/s1. The highest BCUT2D eigenvalue weighted by Gasteiger charge is 2.21. The van der Waals surface area contributed by atoms with Gasteiger partial charge < -0.3 is 5.32 Å². The second-order valence-electron chi connectivity index (χ2n) is 5.88. The van der Waals surface area contributed by atoms with E-state index in [9.17, 15) is 4.79 Å². The first-order valence-corrected chi connectivity index (χ1v) is 7.93. The molecule has 5 nitrogen and oxygen atoms in total. The Morgan fingerprint density at radius 1 is 1.35 bits per heavy atom. The quantitative estimate of drug-likeness (QED) is 0.913. The zero-order valence-corrected chi connectivity index (χ0v) is 15.0. The van der Waals surface area contributed by atoms with Gasteiger partial charge in [-0.25, -0.2) is 0 Å². The maximum atomic E-state index is 12.5. The number of benzene rings is 1. The van der Waals surface area contributed by atoms with Crippen LogP contribution in [-0.2, 0) is 18.4 Å². The molecule has 124 valence electrons. The SMILES string of the molecule is Cc1nn(C)c(C)c1NC(=O)[C@H](C)N(C)Cc1ccc(Cl)cc1. The zero-order valence-electron chi connectivity index (χ0n) is 14.2. The van der Waals surface area contributed by atoms with Crippen molar-refractivity contribution in [2.75, 3.05) is 12.4 Å². The minimum absolute atomic E-state index is 0.0411. The maximum absolute atomic E-state index is 12.5. The fourth-order valence-electron chi connectivity index (χ4n) is 2.40. The van der Waals surface area contributed by atoms with Gasteiger partial charge in [-0.1, -0.05) is 23.7 Å². The van der Waals surface area contributed by atoms with E-state index in [1.807, 2.05) is 64.0 Å². The summed E-state index contributed by atoms with van der Waals surface area (Å²) in [4.78, 5) is 14.5. The predicted molar refractivity (Wildman–Crippen MR) is 93.7 cm³/mol. The fourth-order valence-corrected chi connectivity index (χ4v) is 2.52. The lowest BCUT2D eigenvalue weighted by Gasteiger charge is -2.24. The molecule has 1 amide bonds. The number of aromatic nitrogens is 2. The second-order valence-corrected chi connectivity index (χ2v) is 6.31. The first kappa shape index (κ1) is 17.5. The van der Waals surface area contributed by atoms with Crippen molar-refractivity contribution in [3.63, 3.8) is 0 Å². The topological polar surface area (TPSA) is 50.2 Å². The Morgan fingerprint density at radius 3 is 2.48 bits per heavy atom. The van der Waals surface area contributed by atoms with E-state index in [2.05, 4.69) is 10.4 Å². The van der Waals surface area contributed by atoms with E-state index in [1.165, 1.54) is 0 Å². The summed E-state index contributed by atoms with van der Waals surface area (Å²) in [5.74, 6) is -0.0411. The number of anilines is 1. The average molecular weight is 335 g/mol. The molecule has 2 aromatic rings. The van der Waals surface area contributed by atoms with Crippen molar-refractivity contribution >= 4 is 23.2 Å². The van der Waals surface area contributed by atoms with Crippen molar-refractivity contribution in [1.82, 2.24) is 14.7 Å². The van der Waals surface area contributed by atoms with E-state index in [1.54, 1.807) is 4.68 Å². The van der Waals surface area contributed by atoms with Crippen molar-refractivity contribution in [1.29, 1.82) is 0 Å². The second kappa shape index (κ2) is 7.15. The fraction of sp³-hybridized carbons (Fsp3) is 0.412. The van der Waals surface area contributed by atoms with Gasteiger partial charge >= 0.3 is 0 Å². The molecule has 1 N–H and O–H groups in total. The van der Waals surface area contributed by atoms with Crippen LogP contribution < -0.4 is 5.32 Å². The summed E-state index contributed by atoms with van der Waals surface area (Å²) in [7, 11) is 3.80. The minimum atomic E-state index is -0.260. The Labute approximate surface area is 142 Å². The number of hydrogen-bond acceptors (Lipinski definition) is 3. The van der Waals surface area contributed by atoms with Gasteiger partial charge in [0, 0.05) is 18.6 Å². The molecule has 0 fully saturated rings. The summed E-state index contributed by atoms with van der Waals surface area (Å²) in [5.41, 5.74) is 3.68. The van der Waals surface area contributed by atoms with E-state index < -0.39 is 0 Å². The van der Waals surface area contributed by atoms with Gasteiger partial charge in [-0.15, -0.1) is 0 Å². The van der Waals surface area contributed by atoms with Crippen molar-refractivity contribution in [3.8, 4) is 0 Å². The van der Waals surface area contributed by atoms with Gasteiger partial charge in [-0.05, 0) is 45.5 Å². The molecule has 23 heavy (non-hydrogen) atoms. The molecular weight excluding hydrogens is 312 g/mol. The molecule has 0 aliphatic rings. The van der Waals surface area contributed by atoms with Gasteiger partial charge in [0.2, 0.25) is 5.91 Å². The van der Waals surface area contributed by atoms with Crippen molar-refractivity contribution in [3.05, 3.63) is 46.2 Å². The molecule has 1 atom stereocenters. The van der Waals surface area contributed by atoms with E-state index in [-0.39, 0.29) is 11.9 Å². The van der Waals surface area contributed by atoms with Crippen LogP contribution in [-0.4, -0.2) is 33.7 Å². The molecule has 0 radical (unpaired) electrons. The number of aryl methyl sites for hydroxylation is 2. The summed E-state index contributed by atoms with van der Waals surface area (Å²) in [6.45, 7) is 6.41. The highest BCUT2D eigenvalue weighted by molar-refractivity contribution is 6.30. The minimum Gasteiger partial charge on any atom is -0.322 e. The number of carbonyl (C=O) groups excluding carboxylic acids is 1. The van der Waals surface area contributed by atoms with Crippen LogP contribution >= 0.6 is 11.6 Å². The molecule has 0 unspecified atom stereocenters. The van der Waals surface area contributed by atoms with Gasteiger partial charge in [0.1, 0.15) is 0 Å². The summed E-state index contributed by atoms with van der Waals surface area (Å²) < 4.78 is 1.77. The molecule has 2 rings (SSSR count). The molecule has 0 aliphatic carbocycles. The lowest BCUT2D eigenvalue weighted by molar-refractivity contribution is -0.120. The first-order valence-electron chi connectivity index (χ1n) is 7.55. The first-order chi connectivity index (χ1) is 10.8. The van der Waals surface area contributed by atoms with Crippen LogP contribution in [0.1, 0.15) is 23.9 Å². The Morgan fingerprint density at radius 2 is 1.96 bits per heavy atom. The zero-order chi connectivity index (χ0) is 17.1. The van der Waals surface area contributed by atoms with Gasteiger partial charge in [0.15, 0.2) is 0 Å². The van der Waals surface area contributed by atoms with Crippen LogP contribution in [0.3, 0.4) is 0 Å². The third-order valence-corrected chi connectivity index (χ3v) is 4.40. The number of nitrogens with one attached hydrogen (secondary N) is 1. The Kier molecular flexibility index (Phi) is 5.44. The summed E-state index contributed by atoms with van der Waals surface area (Å²) in [5, 5.41) is 8.02. The highest BCUT2D eigenvalue weighted by Crippen LogP contribution is 2.19. The molecule has 6 heteroatoms. The van der Waals surface area contributed by atoms with Crippen LogP contribution in [0.25, 0.3) is 0 Å². The van der Waals surface area contributed by atoms with Crippen molar-refractivity contribution < 1.29 is 4.79 Å². The monoisotopic (exact) mass is 334 g/mol. The number of nitrogens with zero attached hydrogens (tertiary/aromatic N) is 3. The average Bonchev–Trinajstić information content (AvgIpc) is 2.75. The van der Waals surface area contributed by atoms with Crippen molar-refractivity contribution in [2.24, 2.45) is 7.05 Å². The number of rotatable bonds is 5. The molecule has 1 aromatic heterocycles. The van der Waals surface area contributed by atoms with Crippen molar-refractivity contribution in [2.45, 2.75) is 33.4 Å².